The Morgan fingerprint density at radius 3 is 2.40 bits per heavy atom. The number of rotatable bonds is 8. The summed E-state index contributed by atoms with van der Waals surface area (Å²) >= 11 is 0. The number of fused-ring (bicyclic) bond motifs is 2. The molecule has 1 aromatic heterocycles. The van der Waals surface area contributed by atoms with Gasteiger partial charge in [-0.05, 0) is 46.9 Å². The second-order valence-corrected chi connectivity index (χ2v) is 11.0. The van der Waals surface area contributed by atoms with E-state index in [-0.39, 0.29) is 30.3 Å². The number of aromatic nitrogens is 2. The van der Waals surface area contributed by atoms with E-state index in [4.69, 9.17) is 4.74 Å². The normalized spacial score (nSPS) is 13.8. The highest BCUT2D eigenvalue weighted by atomic mass is 32.2. The van der Waals surface area contributed by atoms with Crippen LogP contribution in [-0.4, -0.2) is 42.9 Å². The number of aryl methyl sites for hydroxylation is 2. The molecule has 1 aliphatic carbocycles. The van der Waals surface area contributed by atoms with E-state index in [0.717, 1.165) is 28.1 Å². The standard InChI is InChI=1S/C28H25F3N2O6S/c1-33-24-9-7-19(11-21(24)16-32-33)23-14-20(8-10-27(34)37-2)25(39-40(35,36)28(29,30)31)15-26(23)38-22-12-17-5-3-4-6-18(17)13-22/h3-7,9,11,14-16,22H,8,10,12-13H2,1-2H3. The molecule has 0 fully saturated rings. The van der Waals surface area contributed by atoms with E-state index in [0.29, 0.717) is 24.0 Å². The summed E-state index contributed by atoms with van der Waals surface area (Å²) in [6, 6.07) is 16.0. The van der Waals surface area contributed by atoms with E-state index in [1.807, 2.05) is 42.5 Å². The summed E-state index contributed by atoms with van der Waals surface area (Å²) in [5.41, 5.74) is -1.37. The van der Waals surface area contributed by atoms with Crippen LogP contribution in [0.2, 0.25) is 0 Å². The molecule has 1 aliphatic rings. The number of hydrogen-bond donors (Lipinski definition) is 0. The summed E-state index contributed by atoms with van der Waals surface area (Å²) in [4.78, 5) is 11.9. The van der Waals surface area contributed by atoms with Gasteiger partial charge in [-0.15, -0.1) is 0 Å². The monoisotopic (exact) mass is 574 g/mol. The van der Waals surface area contributed by atoms with Crippen LogP contribution in [0.1, 0.15) is 23.1 Å². The fourth-order valence-corrected chi connectivity index (χ4v) is 5.30. The van der Waals surface area contributed by atoms with Gasteiger partial charge in [0.2, 0.25) is 0 Å². The summed E-state index contributed by atoms with van der Waals surface area (Å²) < 4.78 is 81.1. The Balaban J connectivity index is 1.62. The van der Waals surface area contributed by atoms with Gasteiger partial charge in [-0.1, -0.05) is 30.3 Å². The molecule has 0 saturated carbocycles. The topological polar surface area (TPSA) is 96.7 Å². The molecule has 0 N–H and O–H groups in total. The number of benzene rings is 3. The molecule has 0 aliphatic heterocycles. The van der Waals surface area contributed by atoms with Crippen molar-refractivity contribution in [1.29, 1.82) is 0 Å². The average molecular weight is 575 g/mol. The van der Waals surface area contributed by atoms with Crippen molar-refractivity contribution in [1.82, 2.24) is 9.78 Å². The largest absolute Gasteiger partial charge is 0.534 e. The number of alkyl halides is 3. The van der Waals surface area contributed by atoms with E-state index in [9.17, 15) is 26.4 Å². The van der Waals surface area contributed by atoms with Gasteiger partial charge in [-0.3, -0.25) is 9.48 Å². The Morgan fingerprint density at radius 1 is 1.05 bits per heavy atom. The Bertz CT molecular complexity index is 1670. The highest BCUT2D eigenvalue weighted by molar-refractivity contribution is 7.88. The summed E-state index contributed by atoms with van der Waals surface area (Å²) in [6.45, 7) is 0. The first-order valence-electron chi connectivity index (χ1n) is 12.4. The fraction of sp³-hybridized carbons (Fsp3) is 0.286. The van der Waals surface area contributed by atoms with Crippen LogP contribution in [0.5, 0.6) is 11.5 Å². The van der Waals surface area contributed by atoms with Gasteiger partial charge >= 0.3 is 21.6 Å². The lowest BCUT2D eigenvalue weighted by Gasteiger charge is -2.21. The van der Waals surface area contributed by atoms with Gasteiger partial charge in [0, 0.05) is 43.3 Å². The van der Waals surface area contributed by atoms with Crippen molar-refractivity contribution in [3.63, 3.8) is 0 Å². The molecule has 0 atom stereocenters. The quantitative estimate of drug-likeness (QED) is 0.164. The maximum Gasteiger partial charge on any atom is 0.534 e. The number of esters is 1. The number of hydrogen-bond acceptors (Lipinski definition) is 7. The second-order valence-electron chi connectivity index (χ2n) is 9.47. The first-order valence-corrected chi connectivity index (χ1v) is 13.8. The van der Waals surface area contributed by atoms with E-state index in [2.05, 4.69) is 14.0 Å². The van der Waals surface area contributed by atoms with Crippen LogP contribution in [0.25, 0.3) is 22.0 Å². The molecule has 0 saturated heterocycles. The van der Waals surface area contributed by atoms with Crippen molar-refractivity contribution in [3.8, 4) is 22.6 Å². The molecular weight excluding hydrogens is 549 g/mol. The zero-order chi connectivity index (χ0) is 28.7. The molecule has 5 rings (SSSR count). The van der Waals surface area contributed by atoms with Crippen LogP contribution in [0.3, 0.4) is 0 Å². The molecule has 3 aromatic carbocycles. The van der Waals surface area contributed by atoms with Crippen molar-refractivity contribution >= 4 is 27.0 Å². The zero-order valence-electron chi connectivity index (χ0n) is 21.6. The Hall–Kier alpha value is -4.06. The minimum atomic E-state index is -5.99. The van der Waals surface area contributed by atoms with Gasteiger partial charge in [0.05, 0.1) is 18.8 Å². The molecular formula is C28H25F3N2O6S. The molecule has 12 heteroatoms. The lowest BCUT2D eigenvalue weighted by molar-refractivity contribution is -0.140. The van der Waals surface area contributed by atoms with Crippen molar-refractivity contribution in [2.75, 3.05) is 7.11 Å². The van der Waals surface area contributed by atoms with E-state index >= 15 is 0 Å². The van der Waals surface area contributed by atoms with Gasteiger partial charge in [0.15, 0.2) is 0 Å². The minimum absolute atomic E-state index is 0.0709. The first kappa shape index (κ1) is 27.5. The third-order valence-corrected chi connectivity index (χ3v) is 7.80. The molecule has 210 valence electrons. The van der Waals surface area contributed by atoms with Crippen molar-refractivity contribution < 1.29 is 40.0 Å². The van der Waals surface area contributed by atoms with Crippen LogP contribution in [0, 0.1) is 0 Å². The van der Waals surface area contributed by atoms with Gasteiger partial charge < -0.3 is 13.7 Å². The molecule has 0 bridgehead atoms. The smallest absolute Gasteiger partial charge is 0.489 e. The third kappa shape index (κ3) is 5.48. The molecule has 40 heavy (non-hydrogen) atoms. The number of carbonyl (C=O) groups is 1. The van der Waals surface area contributed by atoms with Gasteiger partial charge in [0.25, 0.3) is 0 Å². The van der Waals surface area contributed by atoms with Crippen molar-refractivity contribution in [2.45, 2.75) is 37.3 Å². The molecule has 4 aromatic rings. The molecule has 0 unspecified atom stereocenters. The lowest BCUT2D eigenvalue weighted by atomic mass is 9.98. The molecule has 0 spiro atoms. The molecule has 0 radical (unpaired) electrons. The van der Waals surface area contributed by atoms with Crippen LogP contribution >= 0.6 is 0 Å². The predicted molar refractivity (Wildman–Crippen MR) is 140 cm³/mol. The number of nitrogens with zero attached hydrogens (tertiary/aromatic N) is 2. The molecule has 8 nitrogen and oxygen atoms in total. The average Bonchev–Trinajstić information content (AvgIpc) is 3.49. The van der Waals surface area contributed by atoms with E-state index in [1.54, 1.807) is 17.9 Å². The lowest BCUT2D eigenvalue weighted by Crippen LogP contribution is -2.28. The maximum atomic E-state index is 13.3. The van der Waals surface area contributed by atoms with Crippen molar-refractivity contribution in [3.05, 3.63) is 77.5 Å². The Morgan fingerprint density at radius 2 is 1.75 bits per heavy atom. The van der Waals surface area contributed by atoms with Crippen LogP contribution in [0.4, 0.5) is 13.2 Å². The molecule has 1 heterocycles. The van der Waals surface area contributed by atoms with Crippen LogP contribution < -0.4 is 8.92 Å². The second kappa shape index (κ2) is 10.5. The number of ether oxygens (including phenoxy) is 2. The number of carbonyl (C=O) groups excluding carboxylic acids is 1. The predicted octanol–water partition coefficient (Wildman–Crippen LogP) is 5.12. The maximum absolute atomic E-state index is 13.3. The van der Waals surface area contributed by atoms with E-state index < -0.39 is 27.3 Å². The summed E-state index contributed by atoms with van der Waals surface area (Å²) in [7, 11) is -3.01. The highest BCUT2D eigenvalue weighted by Gasteiger charge is 2.49. The highest BCUT2D eigenvalue weighted by Crippen LogP contribution is 2.41. The Labute approximate surface area is 228 Å². The van der Waals surface area contributed by atoms with Gasteiger partial charge in [0.1, 0.15) is 17.6 Å². The van der Waals surface area contributed by atoms with Crippen LogP contribution in [-0.2, 0) is 46.0 Å². The summed E-state index contributed by atoms with van der Waals surface area (Å²) in [5.74, 6) is -1.04. The number of halogens is 3. The van der Waals surface area contributed by atoms with Crippen molar-refractivity contribution in [2.24, 2.45) is 7.05 Å². The minimum Gasteiger partial charge on any atom is -0.489 e. The third-order valence-electron chi connectivity index (χ3n) is 6.84. The van der Waals surface area contributed by atoms with Gasteiger partial charge in [-0.2, -0.15) is 26.7 Å². The fourth-order valence-electron chi connectivity index (χ4n) is 4.82. The van der Waals surface area contributed by atoms with E-state index in [1.165, 1.54) is 13.2 Å². The van der Waals surface area contributed by atoms with Gasteiger partial charge in [-0.25, -0.2) is 0 Å². The Kier molecular flexibility index (Phi) is 7.21. The number of methoxy groups -OCH3 is 1. The SMILES string of the molecule is COC(=O)CCc1cc(-c2ccc3c(cnn3C)c2)c(OC2Cc3ccccc3C2)cc1OS(=O)(=O)C(F)(F)F. The zero-order valence-corrected chi connectivity index (χ0v) is 22.4. The van der Waals surface area contributed by atoms with Crippen LogP contribution in [0.15, 0.2) is 60.8 Å². The summed E-state index contributed by atoms with van der Waals surface area (Å²) in [5, 5.41) is 5.07. The molecule has 0 amide bonds. The summed E-state index contributed by atoms with van der Waals surface area (Å²) in [6.07, 6.45) is 2.13. The first-order chi connectivity index (χ1) is 18.9.